The summed E-state index contributed by atoms with van der Waals surface area (Å²) in [5, 5.41) is 13.7. The molecule has 3 rings (SSSR count). The van der Waals surface area contributed by atoms with Gasteiger partial charge in [0.25, 0.3) is 0 Å². The zero-order valence-electron chi connectivity index (χ0n) is 9.93. The first-order valence-corrected chi connectivity index (χ1v) is 6.44. The van der Waals surface area contributed by atoms with Crippen molar-refractivity contribution in [3.05, 3.63) is 35.4 Å². The summed E-state index contributed by atoms with van der Waals surface area (Å²) in [6, 6.07) is 8.92. The molecule has 17 heavy (non-hydrogen) atoms. The number of fused-ring (bicyclic) bond motifs is 1. The van der Waals surface area contributed by atoms with E-state index in [-0.39, 0.29) is 12.1 Å². The number of aliphatic hydroxyl groups excluding tert-OH is 1. The number of hydrogen-bond donors (Lipinski definition) is 2. The Morgan fingerprint density at radius 3 is 2.76 bits per heavy atom. The molecule has 0 amide bonds. The molecule has 1 aromatic rings. The number of aliphatic hydroxyl groups is 1. The van der Waals surface area contributed by atoms with Crippen LogP contribution in [0.15, 0.2) is 24.3 Å². The van der Waals surface area contributed by atoms with Gasteiger partial charge in [-0.2, -0.15) is 0 Å². The van der Waals surface area contributed by atoms with Gasteiger partial charge in [0.15, 0.2) is 0 Å². The molecule has 0 saturated carbocycles. The molecule has 2 atom stereocenters. The zero-order valence-corrected chi connectivity index (χ0v) is 9.93. The topological polar surface area (TPSA) is 41.5 Å². The van der Waals surface area contributed by atoms with E-state index in [1.807, 2.05) is 6.07 Å². The Labute approximate surface area is 102 Å². The van der Waals surface area contributed by atoms with Gasteiger partial charge in [0, 0.05) is 25.7 Å². The van der Waals surface area contributed by atoms with Crippen LogP contribution in [-0.4, -0.2) is 30.5 Å². The van der Waals surface area contributed by atoms with Crippen LogP contribution in [0.1, 0.15) is 30.0 Å². The monoisotopic (exact) mass is 233 g/mol. The molecule has 1 aromatic carbocycles. The van der Waals surface area contributed by atoms with Crippen molar-refractivity contribution >= 4 is 0 Å². The average molecular weight is 233 g/mol. The Kier molecular flexibility index (Phi) is 3.14. The lowest BCUT2D eigenvalue weighted by molar-refractivity contribution is 0.0634. The van der Waals surface area contributed by atoms with Crippen molar-refractivity contribution in [1.82, 2.24) is 5.32 Å². The van der Waals surface area contributed by atoms with Gasteiger partial charge < -0.3 is 15.2 Å². The molecular formula is C14H19NO2. The highest BCUT2D eigenvalue weighted by Crippen LogP contribution is 2.32. The maximum Gasteiger partial charge on any atom is 0.0775 e. The summed E-state index contributed by atoms with van der Waals surface area (Å²) in [5.74, 6) is 0. The second-order valence-electron chi connectivity index (χ2n) is 5.00. The van der Waals surface area contributed by atoms with E-state index in [1.54, 1.807) is 0 Å². The number of ether oxygens (including phenoxy) is 1. The van der Waals surface area contributed by atoms with Crippen LogP contribution in [0, 0.1) is 0 Å². The van der Waals surface area contributed by atoms with E-state index < -0.39 is 0 Å². The third kappa shape index (κ3) is 2.23. The summed E-state index contributed by atoms with van der Waals surface area (Å²) in [6.07, 6.45) is 2.59. The summed E-state index contributed by atoms with van der Waals surface area (Å²) in [6.45, 7) is 1.67. The zero-order chi connectivity index (χ0) is 11.7. The largest absolute Gasteiger partial charge is 0.391 e. The van der Waals surface area contributed by atoms with E-state index in [0.29, 0.717) is 6.04 Å². The smallest absolute Gasteiger partial charge is 0.0775 e. The summed E-state index contributed by atoms with van der Waals surface area (Å²) >= 11 is 0. The number of nitrogens with one attached hydrogen (secondary N) is 1. The van der Waals surface area contributed by atoms with Gasteiger partial charge in [0.05, 0.1) is 12.1 Å². The van der Waals surface area contributed by atoms with Crippen LogP contribution in [0.5, 0.6) is 0 Å². The summed E-state index contributed by atoms with van der Waals surface area (Å²) in [7, 11) is 0. The number of rotatable bonds is 2. The lowest BCUT2D eigenvalue weighted by Gasteiger charge is -2.28. The molecule has 2 unspecified atom stereocenters. The second-order valence-corrected chi connectivity index (χ2v) is 5.00. The third-order valence-electron chi connectivity index (χ3n) is 3.84. The fourth-order valence-electron chi connectivity index (χ4n) is 2.89. The Morgan fingerprint density at radius 1 is 1.18 bits per heavy atom. The molecule has 0 aromatic heterocycles. The van der Waals surface area contributed by atoms with Gasteiger partial charge in [-0.3, -0.25) is 0 Å². The van der Waals surface area contributed by atoms with Gasteiger partial charge in [-0.15, -0.1) is 0 Å². The van der Waals surface area contributed by atoms with Crippen molar-refractivity contribution in [2.75, 3.05) is 13.2 Å². The molecule has 3 heteroatoms. The summed E-state index contributed by atoms with van der Waals surface area (Å²) in [5.41, 5.74) is 2.55. The molecule has 2 aliphatic rings. The minimum atomic E-state index is -0.282. The quantitative estimate of drug-likeness (QED) is 0.811. The van der Waals surface area contributed by atoms with E-state index in [2.05, 4.69) is 23.5 Å². The molecule has 1 fully saturated rings. The minimum Gasteiger partial charge on any atom is -0.391 e. The van der Waals surface area contributed by atoms with Crippen LogP contribution >= 0.6 is 0 Å². The highest BCUT2D eigenvalue weighted by molar-refractivity contribution is 5.36. The van der Waals surface area contributed by atoms with Gasteiger partial charge in [-0.25, -0.2) is 0 Å². The van der Waals surface area contributed by atoms with Crippen molar-refractivity contribution in [2.24, 2.45) is 0 Å². The van der Waals surface area contributed by atoms with E-state index in [4.69, 9.17) is 4.74 Å². The van der Waals surface area contributed by atoms with Crippen LogP contribution < -0.4 is 5.32 Å². The van der Waals surface area contributed by atoms with E-state index in [0.717, 1.165) is 32.5 Å². The van der Waals surface area contributed by atoms with Crippen molar-refractivity contribution in [3.63, 3.8) is 0 Å². The van der Waals surface area contributed by atoms with E-state index in [1.165, 1.54) is 11.1 Å². The number of benzene rings is 1. The van der Waals surface area contributed by atoms with E-state index in [9.17, 15) is 5.11 Å². The summed E-state index contributed by atoms with van der Waals surface area (Å²) < 4.78 is 5.36. The van der Waals surface area contributed by atoms with Gasteiger partial charge in [-0.05, 0) is 24.0 Å². The lowest BCUT2D eigenvalue weighted by atomic mass is 10.0. The number of hydrogen-bond acceptors (Lipinski definition) is 3. The van der Waals surface area contributed by atoms with Gasteiger partial charge in [-0.1, -0.05) is 24.3 Å². The van der Waals surface area contributed by atoms with Gasteiger partial charge >= 0.3 is 0 Å². The highest BCUT2D eigenvalue weighted by atomic mass is 16.5. The van der Waals surface area contributed by atoms with Crippen LogP contribution in [0.25, 0.3) is 0 Å². The molecule has 92 valence electrons. The first-order chi connectivity index (χ1) is 8.34. The van der Waals surface area contributed by atoms with Crippen molar-refractivity contribution < 1.29 is 9.84 Å². The molecule has 1 saturated heterocycles. The van der Waals surface area contributed by atoms with Crippen LogP contribution in [-0.2, 0) is 11.2 Å². The van der Waals surface area contributed by atoms with Gasteiger partial charge in [0.2, 0.25) is 0 Å². The maximum atomic E-state index is 10.1. The maximum absolute atomic E-state index is 10.1. The van der Waals surface area contributed by atoms with Crippen LogP contribution in [0.3, 0.4) is 0 Å². The van der Waals surface area contributed by atoms with Crippen LogP contribution in [0.2, 0.25) is 0 Å². The normalized spacial score (nSPS) is 29.2. The molecular weight excluding hydrogens is 214 g/mol. The Bertz CT molecular complexity index is 388. The Balaban J connectivity index is 1.74. The molecule has 0 spiro atoms. The van der Waals surface area contributed by atoms with Crippen LogP contribution in [0.4, 0.5) is 0 Å². The average Bonchev–Trinajstić information content (AvgIpc) is 2.68. The summed E-state index contributed by atoms with van der Waals surface area (Å²) in [4.78, 5) is 0. The Hall–Kier alpha value is -0.900. The first kappa shape index (κ1) is 11.2. The standard InChI is InChI=1S/C14H19NO2/c16-13-9-10-3-1-2-4-12(10)14(13)15-11-5-7-17-8-6-11/h1-4,11,13-16H,5-9H2. The second kappa shape index (κ2) is 4.77. The van der Waals surface area contributed by atoms with Crippen molar-refractivity contribution in [3.8, 4) is 0 Å². The SMILES string of the molecule is OC1Cc2ccccc2C1NC1CCOCC1. The molecule has 1 heterocycles. The van der Waals surface area contributed by atoms with Crippen molar-refractivity contribution in [1.29, 1.82) is 0 Å². The third-order valence-corrected chi connectivity index (χ3v) is 3.84. The predicted molar refractivity (Wildman–Crippen MR) is 65.9 cm³/mol. The fraction of sp³-hybridized carbons (Fsp3) is 0.571. The molecule has 1 aliphatic heterocycles. The first-order valence-electron chi connectivity index (χ1n) is 6.44. The molecule has 3 nitrogen and oxygen atoms in total. The van der Waals surface area contributed by atoms with Gasteiger partial charge in [0.1, 0.15) is 0 Å². The van der Waals surface area contributed by atoms with Crippen molar-refractivity contribution in [2.45, 2.75) is 37.5 Å². The van der Waals surface area contributed by atoms with E-state index >= 15 is 0 Å². The minimum absolute atomic E-state index is 0.106. The Morgan fingerprint density at radius 2 is 1.94 bits per heavy atom. The molecule has 1 aliphatic carbocycles. The molecule has 0 bridgehead atoms. The highest BCUT2D eigenvalue weighted by Gasteiger charge is 2.32. The lowest BCUT2D eigenvalue weighted by Crippen LogP contribution is -2.40. The molecule has 0 radical (unpaired) electrons. The fourth-order valence-corrected chi connectivity index (χ4v) is 2.89. The predicted octanol–water partition coefficient (Wildman–Crippen LogP) is 1.41. The molecule has 2 N–H and O–H groups in total.